The van der Waals surface area contributed by atoms with Crippen LogP contribution in [0.15, 0.2) is 12.1 Å². The lowest BCUT2D eigenvalue weighted by atomic mass is 10.0. The molecule has 0 aliphatic heterocycles. The number of carbonyl (C=O) groups excluding carboxylic acids is 2. The molecule has 0 saturated carbocycles. The van der Waals surface area contributed by atoms with Crippen LogP contribution in [0.3, 0.4) is 0 Å². The standard InChI is InChI=1S/C17H19N3O5S/c1-4-10(5-2)15(23)19-16-11(8-18)9(3)14(26-16)17(24)25-20-12(21)6-7-13(20)22/h6-7,10,21-22H,4-5H2,1-3H3,(H,19,23). The number of anilines is 1. The molecule has 2 heterocycles. The molecule has 0 unspecified atom stereocenters. The van der Waals surface area contributed by atoms with E-state index in [1.165, 1.54) is 0 Å². The first-order valence-electron chi connectivity index (χ1n) is 8.00. The van der Waals surface area contributed by atoms with Crippen molar-refractivity contribution in [1.29, 1.82) is 5.26 Å². The Kier molecular flexibility index (Phi) is 5.90. The van der Waals surface area contributed by atoms with Gasteiger partial charge in [0.1, 0.15) is 15.9 Å². The fourth-order valence-electron chi connectivity index (χ4n) is 2.42. The lowest BCUT2D eigenvalue weighted by Gasteiger charge is -2.11. The van der Waals surface area contributed by atoms with Crippen molar-refractivity contribution >= 4 is 28.2 Å². The maximum Gasteiger partial charge on any atom is 0.374 e. The Hall–Kier alpha value is -2.99. The highest BCUT2D eigenvalue weighted by Crippen LogP contribution is 2.33. The molecule has 26 heavy (non-hydrogen) atoms. The van der Waals surface area contributed by atoms with Gasteiger partial charge in [0.05, 0.1) is 5.56 Å². The third-order valence-electron chi connectivity index (χ3n) is 4.01. The van der Waals surface area contributed by atoms with Crippen molar-refractivity contribution in [3.05, 3.63) is 28.1 Å². The van der Waals surface area contributed by atoms with Crippen molar-refractivity contribution in [3.63, 3.8) is 0 Å². The molecular weight excluding hydrogens is 358 g/mol. The number of nitriles is 1. The van der Waals surface area contributed by atoms with Gasteiger partial charge in [0, 0.05) is 18.1 Å². The van der Waals surface area contributed by atoms with Crippen molar-refractivity contribution in [1.82, 2.24) is 4.73 Å². The zero-order valence-corrected chi connectivity index (χ0v) is 15.4. The zero-order chi connectivity index (χ0) is 19.4. The summed E-state index contributed by atoms with van der Waals surface area (Å²) in [4.78, 5) is 29.7. The SMILES string of the molecule is CCC(CC)C(=O)Nc1sc(C(=O)On2c(O)ccc2O)c(C)c1C#N. The Morgan fingerprint density at radius 2 is 1.88 bits per heavy atom. The Bertz CT molecular complexity index is 854. The van der Waals surface area contributed by atoms with Crippen LogP contribution in [0, 0.1) is 24.2 Å². The summed E-state index contributed by atoms with van der Waals surface area (Å²) in [6.07, 6.45) is 1.32. The van der Waals surface area contributed by atoms with Crippen molar-refractivity contribution in [2.24, 2.45) is 5.92 Å². The predicted molar refractivity (Wildman–Crippen MR) is 95.1 cm³/mol. The second-order valence-electron chi connectivity index (χ2n) is 5.60. The summed E-state index contributed by atoms with van der Waals surface area (Å²) in [5, 5.41) is 31.5. The maximum absolute atomic E-state index is 12.4. The van der Waals surface area contributed by atoms with Gasteiger partial charge < -0.3 is 20.4 Å². The molecule has 0 aromatic carbocycles. The molecule has 2 aromatic rings. The Labute approximate surface area is 154 Å². The van der Waals surface area contributed by atoms with E-state index >= 15 is 0 Å². The molecule has 0 spiro atoms. The second-order valence-corrected chi connectivity index (χ2v) is 6.62. The van der Waals surface area contributed by atoms with Gasteiger partial charge in [0.25, 0.3) is 0 Å². The molecule has 0 bridgehead atoms. The molecule has 0 atom stereocenters. The quantitative estimate of drug-likeness (QED) is 0.711. The summed E-state index contributed by atoms with van der Waals surface area (Å²) in [5.74, 6) is -2.17. The van der Waals surface area contributed by atoms with Crippen LogP contribution < -0.4 is 10.2 Å². The highest BCUT2D eigenvalue weighted by Gasteiger charge is 2.25. The second kappa shape index (κ2) is 7.93. The van der Waals surface area contributed by atoms with E-state index in [1.54, 1.807) is 6.92 Å². The predicted octanol–water partition coefficient (Wildman–Crippen LogP) is 2.78. The van der Waals surface area contributed by atoms with Gasteiger partial charge in [0.15, 0.2) is 0 Å². The zero-order valence-electron chi connectivity index (χ0n) is 14.6. The number of carbonyl (C=O) groups is 2. The Morgan fingerprint density at radius 1 is 1.31 bits per heavy atom. The number of hydrogen-bond acceptors (Lipinski definition) is 7. The van der Waals surface area contributed by atoms with Crippen molar-refractivity contribution in [3.8, 4) is 17.8 Å². The molecule has 0 radical (unpaired) electrons. The van der Waals surface area contributed by atoms with Crippen LogP contribution in [0.1, 0.15) is 47.5 Å². The monoisotopic (exact) mass is 377 g/mol. The maximum atomic E-state index is 12.4. The average Bonchev–Trinajstić information content (AvgIpc) is 3.09. The van der Waals surface area contributed by atoms with Crippen LogP contribution in [0.4, 0.5) is 5.00 Å². The molecule has 138 valence electrons. The van der Waals surface area contributed by atoms with Crippen LogP contribution in [0.2, 0.25) is 0 Å². The minimum Gasteiger partial charge on any atom is -0.492 e. The largest absolute Gasteiger partial charge is 0.492 e. The summed E-state index contributed by atoms with van der Waals surface area (Å²) < 4.78 is 0.565. The number of nitrogens with zero attached hydrogens (tertiary/aromatic N) is 2. The highest BCUT2D eigenvalue weighted by molar-refractivity contribution is 7.18. The van der Waals surface area contributed by atoms with Crippen molar-refractivity contribution < 1.29 is 24.6 Å². The van der Waals surface area contributed by atoms with E-state index in [1.807, 2.05) is 19.9 Å². The van der Waals surface area contributed by atoms with Gasteiger partial charge in [0.2, 0.25) is 17.7 Å². The molecule has 9 heteroatoms. The molecule has 2 rings (SSSR count). The van der Waals surface area contributed by atoms with Crippen LogP contribution in [0.25, 0.3) is 0 Å². The van der Waals surface area contributed by atoms with E-state index in [-0.39, 0.29) is 27.3 Å². The number of nitrogens with one attached hydrogen (secondary N) is 1. The molecule has 2 aromatic heterocycles. The van der Waals surface area contributed by atoms with Crippen LogP contribution in [0.5, 0.6) is 11.8 Å². The summed E-state index contributed by atoms with van der Waals surface area (Å²) >= 11 is 0.914. The van der Waals surface area contributed by atoms with Gasteiger partial charge in [-0.15, -0.1) is 16.1 Å². The fraction of sp³-hybridized carbons (Fsp3) is 0.353. The number of aromatic hydroxyl groups is 2. The third-order valence-corrected chi connectivity index (χ3v) is 5.20. The lowest BCUT2D eigenvalue weighted by molar-refractivity contribution is -0.120. The number of rotatable bonds is 6. The third kappa shape index (κ3) is 3.65. The minimum absolute atomic E-state index is 0.0916. The molecule has 8 nitrogen and oxygen atoms in total. The van der Waals surface area contributed by atoms with Gasteiger partial charge in [-0.1, -0.05) is 13.8 Å². The van der Waals surface area contributed by atoms with Gasteiger partial charge in [-0.2, -0.15) is 5.26 Å². The number of amides is 1. The first kappa shape index (κ1) is 19.3. The summed E-state index contributed by atoms with van der Waals surface area (Å²) in [6.45, 7) is 5.36. The molecule has 0 aliphatic rings. The minimum atomic E-state index is -0.867. The first-order valence-corrected chi connectivity index (χ1v) is 8.82. The number of hydrogen-bond donors (Lipinski definition) is 3. The van der Waals surface area contributed by atoms with E-state index in [0.717, 1.165) is 23.5 Å². The molecule has 0 fully saturated rings. The van der Waals surface area contributed by atoms with Crippen LogP contribution in [-0.4, -0.2) is 26.8 Å². The van der Waals surface area contributed by atoms with Gasteiger partial charge >= 0.3 is 5.97 Å². The fourth-order valence-corrected chi connectivity index (χ4v) is 3.46. The van der Waals surface area contributed by atoms with Crippen LogP contribution in [-0.2, 0) is 4.79 Å². The lowest BCUT2D eigenvalue weighted by Crippen LogP contribution is -2.21. The first-order chi connectivity index (χ1) is 12.3. The molecule has 3 N–H and O–H groups in total. The van der Waals surface area contributed by atoms with Gasteiger partial charge in [-0.05, 0) is 25.3 Å². The van der Waals surface area contributed by atoms with Gasteiger partial charge in [-0.25, -0.2) is 4.79 Å². The van der Waals surface area contributed by atoms with E-state index in [0.29, 0.717) is 23.1 Å². The molecular formula is C17H19N3O5S. The number of aromatic nitrogens is 1. The topological polar surface area (TPSA) is 125 Å². The van der Waals surface area contributed by atoms with Crippen molar-refractivity contribution in [2.45, 2.75) is 33.6 Å². The molecule has 0 aliphatic carbocycles. The van der Waals surface area contributed by atoms with E-state index in [4.69, 9.17) is 4.84 Å². The normalized spacial score (nSPS) is 10.6. The summed E-state index contributed by atoms with van der Waals surface area (Å²) in [7, 11) is 0. The van der Waals surface area contributed by atoms with Crippen LogP contribution >= 0.6 is 11.3 Å². The molecule has 0 saturated heterocycles. The summed E-state index contributed by atoms with van der Waals surface area (Å²) in [6, 6.07) is 4.30. The molecule has 1 amide bonds. The van der Waals surface area contributed by atoms with Crippen molar-refractivity contribution in [2.75, 3.05) is 5.32 Å². The average molecular weight is 377 g/mol. The number of thiophene rings is 1. The van der Waals surface area contributed by atoms with Gasteiger partial charge in [-0.3, -0.25) is 4.79 Å². The Balaban J connectivity index is 2.31. The van der Waals surface area contributed by atoms with E-state index in [2.05, 4.69) is 5.32 Å². The summed E-state index contributed by atoms with van der Waals surface area (Å²) in [5.41, 5.74) is 0.538. The Morgan fingerprint density at radius 3 is 2.38 bits per heavy atom. The highest BCUT2D eigenvalue weighted by atomic mass is 32.1. The van der Waals surface area contributed by atoms with E-state index in [9.17, 15) is 25.1 Å². The smallest absolute Gasteiger partial charge is 0.374 e. The van der Waals surface area contributed by atoms with E-state index < -0.39 is 17.7 Å².